The SMILES string of the molecule is CC(=O)OC1C(C(O)COC(c2ccccc2)(c2ccccc2)c2ccccc2)OC2OC(C)(C)OC21. The van der Waals surface area contributed by atoms with E-state index in [9.17, 15) is 9.90 Å². The summed E-state index contributed by atoms with van der Waals surface area (Å²) in [5.41, 5.74) is 1.72. The summed E-state index contributed by atoms with van der Waals surface area (Å²) in [6, 6.07) is 29.7. The molecule has 194 valence electrons. The van der Waals surface area contributed by atoms with Crippen molar-refractivity contribution in [2.75, 3.05) is 6.61 Å². The average Bonchev–Trinajstić information content (AvgIpc) is 3.38. The first-order chi connectivity index (χ1) is 17.8. The van der Waals surface area contributed by atoms with Gasteiger partial charge in [-0.2, -0.15) is 0 Å². The van der Waals surface area contributed by atoms with Crippen LogP contribution in [-0.2, 0) is 34.1 Å². The van der Waals surface area contributed by atoms with Gasteiger partial charge in [0, 0.05) is 6.92 Å². The van der Waals surface area contributed by atoms with Gasteiger partial charge in [-0.3, -0.25) is 4.79 Å². The molecule has 2 saturated heterocycles. The number of carbonyl (C=O) groups is 1. The molecule has 0 radical (unpaired) electrons. The molecule has 2 aliphatic heterocycles. The summed E-state index contributed by atoms with van der Waals surface area (Å²) in [4.78, 5) is 11.9. The Morgan fingerprint density at radius 3 is 1.84 bits per heavy atom. The zero-order valence-corrected chi connectivity index (χ0v) is 21.2. The lowest BCUT2D eigenvalue weighted by molar-refractivity contribution is -0.233. The van der Waals surface area contributed by atoms with Crippen LogP contribution in [0.5, 0.6) is 0 Å². The third-order valence-corrected chi connectivity index (χ3v) is 6.72. The summed E-state index contributed by atoms with van der Waals surface area (Å²) >= 11 is 0. The number of fused-ring (bicyclic) bond motifs is 1. The van der Waals surface area contributed by atoms with Crippen molar-refractivity contribution in [3.63, 3.8) is 0 Å². The van der Waals surface area contributed by atoms with E-state index in [0.29, 0.717) is 0 Å². The van der Waals surface area contributed by atoms with E-state index in [-0.39, 0.29) is 6.61 Å². The molecule has 0 spiro atoms. The van der Waals surface area contributed by atoms with Crippen LogP contribution in [0.25, 0.3) is 0 Å². The number of carbonyl (C=O) groups excluding carboxylic acids is 1. The van der Waals surface area contributed by atoms with Gasteiger partial charge in [-0.25, -0.2) is 0 Å². The number of hydrogen-bond donors (Lipinski definition) is 1. The Morgan fingerprint density at radius 1 is 0.892 bits per heavy atom. The largest absolute Gasteiger partial charge is 0.457 e. The quantitative estimate of drug-likeness (QED) is 0.364. The summed E-state index contributed by atoms with van der Waals surface area (Å²) < 4.78 is 30.1. The highest BCUT2D eigenvalue weighted by molar-refractivity contribution is 5.66. The fourth-order valence-corrected chi connectivity index (χ4v) is 5.21. The van der Waals surface area contributed by atoms with Crippen molar-refractivity contribution < 1.29 is 33.6 Å². The summed E-state index contributed by atoms with van der Waals surface area (Å²) in [7, 11) is 0. The zero-order valence-electron chi connectivity index (χ0n) is 21.2. The minimum atomic E-state index is -1.14. The molecule has 0 aromatic heterocycles. The number of ether oxygens (including phenoxy) is 5. The molecule has 5 atom stereocenters. The van der Waals surface area contributed by atoms with Crippen molar-refractivity contribution in [2.45, 2.75) is 62.9 Å². The fourth-order valence-electron chi connectivity index (χ4n) is 5.21. The Hall–Kier alpha value is -3.07. The summed E-state index contributed by atoms with van der Waals surface area (Å²) in [5.74, 6) is -1.38. The maximum absolute atomic E-state index is 11.9. The molecule has 0 saturated carbocycles. The fraction of sp³-hybridized carbons (Fsp3) is 0.367. The summed E-state index contributed by atoms with van der Waals surface area (Å²) in [6.45, 7) is 4.74. The van der Waals surface area contributed by atoms with Crippen LogP contribution in [0.1, 0.15) is 37.5 Å². The Balaban J connectivity index is 1.48. The molecular weight excluding hydrogens is 472 g/mol. The van der Waals surface area contributed by atoms with Crippen LogP contribution in [-0.4, -0.2) is 54.2 Å². The minimum Gasteiger partial charge on any atom is -0.457 e. The van der Waals surface area contributed by atoms with Gasteiger partial charge < -0.3 is 28.8 Å². The predicted octanol–water partition coefficient (Wildman–Crippen LogP) is 4.16. The molecule has 7 nitrogen and oxygen atoms in total. The molecule has 2 heterocycles. The van der Waals surface area contributed by atoms with Gasteiger partial charge in [-0.1, -0.05) is 91.0 Å². The van der Waals surface area contributed by atoms with Crippen molar-refractivity contribution in [2.24, 2.45) is 0 Å². The average molecular weight is 505 g/mol. The van der Waals surface area contributed by atoms with Gasteiger partial charge in [-0.05, 0) is 30.5 Å². The van der Waals surface area contributed by atoms with Crippen molar-refractivity contribution in [3.05, 3.63) is 108 Å². The third-order valence-electron chi connectivity index (χ3n) is 6.72. The van der Waals surface area contributed by atoms with Crippen LogP contribution in [0, 0.1) is 0 Å². The Bertz CT molecular complexity index is 1090. The van der Waals surface area contributed by atoms with E-state index in [4.69, 9.17) is 23.7 Å². The monoisotopic (exact) mass is 504 g/mol. The first-order valence-electron chi connectivity index (χ1n) is 12.5. The maximum Gasteiger partial charge on any atom is 0.303 e. The number of rotatable bonds is 8. The molecule has 2 aliphatic rings. The predicted molar refractivity (Wildman–Crippen MR) is 135 cm³/mol. The summed E-state index contributed by atoms with van der Waals surface area (Å²) in [5, 5.41) is 11.4. The Kier molecular flexibility index (Phi) is 7.16. The van der Waals surface area contributed by atoms with Gasteiger partial charge in [0.15, 0.2) is 24.3 Å². The molecule has 3 aromatic rings. The molecule has 37 heavy (non-hydrogen) atoms. The second-order valence-corrected chi connectivity index (χ2v) is 9.80. The molecule has 1 N–H and O–H groups in total. The van der Waals surface area contributed by atoms with E-state index in [1.54, 1.807) is 13.8 Å². The highest BCUT2D eigenvalue weighted by Crippen LogP contribution is 2.42. The Labute approximate surface area is 216 Å². The number of esters is 1. The molecule has 5 unspecified atom stereocenters. The topological polar surface area (TPSA) is 83.5 Å². The van der Waals surface area contributed by atoms with Crippen LogP contribution in [0.2, 0.25) is 0 Å². The van der Waals surface area contributed by atoms with Gasteiger partial charge in [0.05, 0.1) is 6.61 Å². The van der Waals surface area contributed by atoms with Crippen LogP contribution in [0.3, 0.4) is 0 Å². The third kappa shape index (κ3) is 5.06. The van der Waals surface area contributed by atoms with E-state index in [1.807, 2.05) is 91.0 Å². The first-order valence-corrected chi connectivity index (χ1v) is 12.5. The Morgan fingerprint density at radius 2 is 1.38 bits per heavy atom. The highest BCUT2D eigenvalue weighted by Gasteiger charge is 2.58. The van der Waals surface area contributed by atoms with Crippen molar-refractivity contribution >= 4 is 5.97 Å². The first kappa shape index (κ1) is 25.6. The maximum atomic E-state index is 11.9. The zero-order chi connectivity index (χ0) is 26.0. The van der Waals surface area contributed by atoms with Crippen LogP contribution in [0.4, 0.5) is 0 Å². The van der Waals surface area contributed by atoms with E-state index < -0.39 is 48.1 Å². The number of benzene rings is 3. The minimum absolute atomic E-state index is 0.107. The van der Waals surface area contributed by atoms with Crippen molar-refractivity contribution in [3.8, 4) is 0 Å². The van der Waals surface area contributed by atoms with E-state index in [0.717, 1.165) is 16.7 Å². The van der Waals surface area contributed by atoms with Crippen LogP contribution in [0.15, 0.2) is 91.0 Å². The number of aliphatic hydroxyl groups is 1. The van der Waals surface area contributed by atoms with Crippen LogP contribution < -0.4 is 0 Å². The van der Waals surface area contributed by atoms with Gasteiger partial charge in [0.1, 0.15) is 17.8 Å². The van der Waals surface area contributed by atoms with Gasteiger partial charge in [-0.15, -0.1) is 0 Å². The summed E-state index contributed by atoms with van der Waals surface area (Å²) in [6.07, 6.45) is -4.29. The van der Waals surface area contributed by atoms with Crippen LogP contribution >= 0.6 is 0 Å². The second kappa shape index (κ2) is 10.4. The molecule has 0 aliphatic carbocycles. The highest BCUT2D eigenvalue weighted by atomic mass is 16.8. The van der Waals surface area contributed by atoms with E-state index in [2.05, 4.69) is 0 Å². The van der Waals surface area contributed by atoms with E-state index >= 15 is 0 Å². The lowest BCUT2D eigenvalue weighted by Crippen LogP contribution is -2.46. The molecule has 5 rings (SSSR count). The number of hydrogen-bond acceptors (Lipinski definition) is 7. The lowest BCUT2D eigenvalue weighted by atomic mass is 9.80. The lowest BCUT2D eigenvalue weighted by Gasteiger charge is -2.37. The van der Waals surface area contributed by atoms with E-state index in [1.165, 1.54) is 6.92 Å². The van der Waals surface area contributed by atoms with Crippen molar-refractivity contribution in [1.29, 1.82) is 0 Å². The molecule has 0 amide bonds. The standard InChI is InChI=1S/C30H32O7/c1-20(31)34-26-25(35-28-27(26)36-29(2,3)37-28)24(32)19-33-30(21-13-7-4-8-14-21,22-15-9-5-10-16-22)23-17-11-6-12-18-23/h4-18,24-28,32H,19H2,1-3H3. The van der Waals surface area contributed by atoms with Gasteiger partial charge in [0.25, 0.3) is 0 Å². The molecule has 2 fully saturated rings. The molecule has 7 heteroatoms. The smallest absolute Gasteiger partial charge is 0.303 e. The molecular formula is C30H32O7. The van der Waals surface area contributed by atoms with Gasteiger partial charge >= 0.3 is 5.97 Å². The normalized spacial score (nSPS) is 25.4. The van der Waals surface area contributed by atoms with Crippen molar-refractivity contribution in [1.82, 2.24) is 0 Å². The molecule has 0 bridgehead atoms. The number of aliphatic hydroxyl groups excluding tert-OH is 1. The molecule has 3 aromatic carbocycles. The second-order valence-electron chi connectivity index (χ2n) is 9.80. The van der Waals surface area contributed by atoms with Gasteiger partial charge in [0.2, 0.25) is 0 Å².